The lowest BCUT2D eigenvalue weighted by Gasteiger charge is -2.53. The first-order valence-corrected chi connectivity index (χ1v) is 16.6. The third-order valence-corrected chi connectivity index (χ3v) is 11.6. The maximum absolute atomic E-state index is 14.4. The summed E-state index contributed by atoms with van der Waals surface area (Å²) < 4.78 is 13.2. The summed E-state index contributed by atoms with van der Waals surface area (Å²) in [5, 5.41) is 60.6. The van der Waals surface area contributed by atoms with Gasteiger partial charge in [-0.3, -0.25) is 19.3 Å². The summed E-state index contributed by atoms with van der Waals surface area (Å²) >= 11 is 0. The molecule has 5 aliphatic rings. The van der Waals surface area contributed by atoms with Crippen LogP contribution < -0.4 is 10.8 Å². The molecule has 2 heterocycles. The number of nitrogens with zero attached hydrogens (tertiary/aromatic N) is 2. The molecule has 260 valence electrons. The Morgan fingerprint density at radius 3 is 2.24 bits per heavy atom. The van der Waals surface area contributed by atoms with Crippen LogP contribution in [0.4, 0.5) is 0 Å². The predicted octanol–water partition coefficient (Wildman–Crippen LogP) is 0.718. The molecule has 49 heavy (non-hydrogen) atoms. The summed E-state index contributed by atoms with van der Waals surface area (Å²) in [6, 6.07) is 12.5. The largest absolute Gasteiger partial charge is 0.508 e. The summed E-state index contributed by atoms with van der Waals surface area (Å²) in [5.74, 6) is -7.55. The number of fused-ring (bicyclic) bond motifs is 4. The number of rotatable bonds is 5. The fraction of sp³-hybridized carbons (Fsp3) is 0.457. The number of quaternary nitrogens is 1. The highest BCUT2D eigenvalue weighted by Gasteiger charge is 2.67. The molecule has 0 spiro atoms. The van der Waals surface area contributed by atoms with Crippen LogP contribution in [0.25, 0.3) is 5.76 Å². The number of hydrogen-bond acceptors (Lipinski definition) is 11. The second-order valence-electron chi connectivity index (χ2n) is 14.8. The Bertz CT molecular complexity index is 1830. The lowest BCUT2D eigenvalue weighted by Crippen LogP contribution is -2.72. The molecule has 0 radical (unpaired) electrons. The SMILES string of the molecule is C[C@@H]1C[N+]2(CNC(=O)C3=C(O)[C@@]4(O)C(=O)C5=C(O)c6c(O)cccc6[C@@](C)(O)[C@@H]5C[C@H]4[C@@H](N(C)C)C3=O)C[C@@H](C)O[B-]2(c2ccccc2)O1. The number of nitrogens with one attached hydrogen (secondary N) is 1. The van der Waals surface area contributed by atoms with Crippen molar-refractivity contribution in [2.24, 2.45) is 11.8 Å². The highest BCUT2D eigenvalue weighted by atomic mass is 16.7. The second kappa shape index (κ2) is 11.0. The molecule has 1 saturated carbocycles. The van der Waals surface area contributed by atoms with Gasteiger partial charge < -0.3 is 44.6 Å². The van der Waals surface area contributed by atoms with E-state index in [1.54, 1.807) is 14.1 Å². The van der Waals surface area contributed by atoms with E-state index in [0.29, 0.717) is 13.1 Å². The molecule has 1 amide bonds. The van der Waals surface area contributed by atoms with Crippen molar-refractivity contribution in [2.75, 3.05) is 33.9 Å². The molecule has 0 unspecified atom stereocenters. The van der Waals surface area contributed by atoms with Gasteiger partial charge in [-0.25, -0.2) is 0 Å². The lowest BCUT2D eigenvalue weighted by molar-refractivity contribution is -0.824. The number of benzene rings is 2. The minimum atomic E-state index is -2.81. The lowest BCUT2D eigenvalue weighted by atomic mass is 9.54. The summed E-state index contributed by atoms with van der Waals surface area (Å²) in [4.78, 5) is 44.2. The molecule has 2 aromatic rings. The number of hydrogen-bond donors (Lipinski definition) is 6. The first kappa shape index (κ1) is 33.5. The van der Waals surface area contributed by atoms with Gasteiger partial charge in [0.1, 0.15) is 29.5 Å². The Labute approximate surface area is 283 Å². The Morgan fingerprint density at radius 2 is 1.63 bits per heavy atom. The standard InChI is InChI=1S/C35H42BN3O10/c1-18-15-39(16-19(2)49-36(39,48-18)20-10-7-6-8-11-20)17-37-33(45)27-30(42)28(38(4)5)23-14-22-26(31(43)35(23,47)32(27)44)29(41)25-21(34(22,3)46)12-9-13-24(25)40/h6-13,18-19,22-23,28,40-41,44,46-47H,14-17H2,1-5H3,(H,37,45)/t18-,19-,22-,23+,28-,34-,35+,36?,39?/m1/s1. The smallest absolute Gasteiger partial charge is 0.504 e. The van der Waals surface area contributed by atoms with Crippen molar-refractivity contribution in [3.8, 4) is 5.75 Å². The first-order valence-electron chi connectivity index (χ1n) is 16.6. The van der Waals surface area contributed by atoms with Gasteiger partial charge in [-0.05, 0) is 52.9 Å². The molecule has 2 aliphatic heterocycles. The molecule has 0 aromatic heterocycles. The number of likely N-dealkylation sites (N-methyl/N-ethyl adjacent to an activating group) is 1. The van der Waals surface area contributed by atoms with Crippen LogP contribution in [-0.4, -0.2) is 117 Å². The van der Waals surface area contributed by atoms with E-state index in [0.717, 1.165) is 5.46 Å². The zero-order chi connectivity index (χ0) is 35.4. The van der Waals surface area contributed by atoms with Gasteiger partial charge in [-0.2, -0.15) is 0 Å². The van der Waals surface area contributed by atoms with Crippen LogP contribution in [0.3, 0.4) is 0 Å². The third-order valence-electron chi connectivity index (χ3n) is 11.6. The second-order valence-corrected chi connectivity index (χ2v) is 14.8. The number of aliphatic hydroxyl groups is 4. The van der Waals surface area contributed by atoms with Crippen molar-refractivity contribution >= 4 is 35.4 Å². The number of aromatic hydroxyl groups is 1. The van der Waals surface area contributed by atoms with Crippen molar-refractivity contribution in [2.45, 2.75) is 56.6 Å². The molecule has 13 nitrogen and oxygen atoms in total. The van der Waals surface area contributed by atoms with E-state index in [2.05, 4.69) is 5.32 Å². The summed E-state index contributed by atoms with van der Waals surface area (Å²) in [7, 11) is 3.11. The van der Waals surface area contributed by atoms with Crippen molar-refractivity contribution in [3.63, 3.8) is 0 Å². The van der Waals surface area contributed by atoms with Gasteiger partial charge in [-0.1, -0.05) is 47.9 Å². The monoisotopic (exact) mass is 675 g/mol. The maximum Gasteiger partial charge on any atom is 0.504 e. The van der Waals surface area contributed by atoms with Gasteiger partial charge in [0.15, 0.2) is 11.4 Å². The van der Waals surface area contributed by atoms with Crippen LogP contribution >= 0.6 is 0 Å². The number of carbonyl (C=O) groups is 3. The van der Waals surface area contributed by atoms with Crippen molar-refractivity contribution < 1.29 is 53.6 Å². The van der Waals surface area contributed by atoms with Gasteiger partial charge in [0.25, 0.3) is 5.91 Å². The Kier molecular flexibility index (Phi) is 7.49. The molecular formula is C35H42BN3O10. The zero-order valence-corrected chi connectivity index (χ0v) is 28.1. The molecule has 3 aliphatic carbocycles. The van der Waals surface area contributed by atoms with E-state index >= 15 is 0 Å². The fourth-order valence-corrected chi connectivity index (χ4v) is 9.60. The number of phenols is 1. The van der Waals surface area contributed by atoms with Gasteiger partial charge in [-0.15, -0.1) is 0 Å². The van der Waals surface area contributed by atoms with E-state index in [-0.39, 0.29) is 40.8 Å². The summed E-state index contributed by atoms with van der Waals surface area (Å²) in [6.07, 6.45) is -0.664. The van der Waals surface area contributed by atoms with Gasteiger partial charge in [0.2, 0.25) is 5.78 Å². The van der Waals surface area contributed by atoms with Gasteiger partial charge in [0, 0.05) is 17.4 Å². The molecule has 7 rings (SSSR count). The quantitative estimate of drug-likeness (QED) is 0.194. The van der Waals surface area contributed by atoms with Crippen LogP contribution in [0, 0.1) is 11.8 Å². The van der Waals surface area contributed by atoms with Crippen LogP contribution in [0.1, 0.15) is 38.3 Å². The van der Waals surface area contributed by atoms with Gasteiger partial charge >= 0.3 is 6.69 Å². The van der Waals surface area contributed by atoms with Crippen molar-refractivity contribution in [1.29, 1.82) is 0 Å². The van der Waals surface area contributed by atoms with Crippen LogP contribution in [0.15, 0.2) is 65.4 Å². The number of amides is 1. The molecule has 7 atom stereocenters. The highest BCUT2D eigenvalue weighted by molar-refractivity contribution is 6.75. The maximum atomic E-state index is 14.4. The average Bonchev–Trinajstić information content (AvgIpc) is 3.46. The van der Waals surface area contributed by atoms with E-state index < -0.39 is 81.7 Å². The molecular weight excluding hydrogens is 633 g/mol. The average molecular weight is 676 g/mol. The Balaban J connectivity index is 1.30. The number of ketones is 2. The summed E-state index contributed by atoms with van der Waals surface area (Å²) in [6.45, 7) is 4.10. The molecule has 2 saturated heterocycles. The highest BCUT2D eigenvalue weighted by Crippen LogP contribution is 2.57. The van der Waals surface area contributed by atoms with E-state index in [1.807, 2.05) is 44.2 Å². The first-order chi connectivity index (χ1) is 23.0. The Hall–Kier alpha value is -4.05. The van der Waals surface area contributed by atoms with Crippen LogP contribution in [0.2, 0.25) is 0 Å². The minimum Gasteiger partial charge on any atom is -0.508 e. The van der Waals surface area contributed by atoms with Crippen LogP contribution in [0.5, 0.6) is 5.75 Å². The Morgan fingerprint density at radius 1 is 1.00 bits per heavy atom. The van der Waals surface area contributed by atoms with Gasteiger partial charge in [0.05, 0.1) is 42.5 Å². The molecule has 3 fully saturated rings. The van der Waals surface area contributed by atoms with Crippen molar-refractivity contribution in [3.05, 3.63) is 76.6 Å². The number of Topliss-reactive ketones (excluding diaryl/α,β-unsaturated/α-hetero) is 2. The topological polar surface area (TPSA) is 186 Å². The third kappa shape index (κ3) is 4.38. The molecule has 0 bridgehead atoms. The predicted molar refractivity (Wildman–Crippen MR) is 177 cm³/mol. The molecule has 2 aromatic carbocycles. The minimum absolute atomic E-state index is 0.0398. The number of phenolic OH excluding ortho intramolecular Hbond substituents is 1. The molecule has 6 N–H and O–H groups in total. The summed E-state index contributed by atoms with van der Waals surface area (Å²) in [5.41, 5.74) is -4.99. The molecule has 14 heteroatoms. The van der Waals surface area contributed by atoms with Crippen LogP contribution in [-0.2, 0) is 29.3 Å². The van der Waals surface area contributed by atoms with E-state index in [1.165, 1.54) is 30.0 Å². The van der Waals surface area contributed by atoms with Crippen molar-refractivity contribution in [1.82, 2.24) is 10.2 Å². The zero-order valence-electron chi connectivity index (χ0n) is 28.1. The number of aliphatic hydroxyl groups excluding tert-OH is 2. The normalized spacial score (nSPS) is 38.3. The van der Waals surface area contributed by atoms with E-state index in [4.69, 9.17) is 9.31 Å². The number of carbonyl (C=O) groups excluding carboxylic acids is 3. The van der Waals surface area contributed by atoms with E-state index in [9.17, 15) is 39.9 Å². The fourth-order valence-electron chi connectivity index (χ4n) is 9.60.